The third kappa shape index (κ3) is 6.58. The van der Waals surface area contributed by atoms with Crippen molar-refractivity contribution in [2.45, 2.75) is 51.5 Å². The lowest BCUT2D eigenvalue weighted by molar-refractivity contribution is 0.399. The molecule has 0 amide bonds. The number of hydrogen-bond donors (Lipinski definition) is 1. The molecule has 0 aromatic heterocycles. The lowest BCUT2D eigenvalue weighted by atomic mass is 9.93. The Morgan fingerprint density at radius 2 is 2.00 bits per heavy atom. The number of allylic oxidation sites excluding steroid dienone is 9. The van der Waals surface area contributed by atoms with Crippen LogP contribution in [0, 0.1) is 5.92 Å². The second-order valence-electron chi connectivity index (χ2n) is 8.50. The molecule has 0 saturated heterocycles. The summed E-state index contributed by atoms with van der Waals surface area (Å²) in [6.07, 6.45) is 28.9. The van der Waals surface area contributed by atoms with Gasteiger partial charge in [0.05, 0.1) is 6.54 Å². The molecule has 0 radical (unpaired) electrons. The molecule has 3 rings (SSSR count). The Labute approximate surface area is 188 Å². The number of hydrogen-bond acceptors (Lipinski definition) is 3. The Bertz CT molecular complexity index is 870. The van der Waals surface area contributed by atoms with Gasteiger partial charge in [-0.2, -0.15) is 0 Å². The molecule has 164 valence electrons. The van der Waals surface area contributed by atoms with Crippen molar-refractivity contribution in [3.63, 3.8) is 0 Å². The zero-order valence-electron chi connectivity index (χ0n) is 19.2. The zero-order valence-corrected chi connectivity index (χ0v) is 19.2. The van der Waals surface area contributed by atoms with E-state index in [9.17, 15) is 0 Å². The molecular formula is C28H37N3. The Hall–Kier alpha value is -2.81. The Balaban J connectivity index is 1.70. The molecule has 1 fully saturated rings. The normalized spacial score (nSPS) is 26.4. The first-order valence-corrected chi connectivity index (χ1v) is 11.6. The smallest absolute Gasteiger partial charge is 0.127 e. The maximum absolute atomic E-state index is 4.72. The molecule has 31 heavy (non-hydrogen) atoms. The average Bonchev–Trinajstić information content (AvgIpc) is 2.76. The molecule has 1 N–H and O–H groups in total. The van der Waals surface area contributed by atoms with Gasteiger partial charge >= 0.3 is 0 Å². The highest BCUT2D eigenvalue weighted by Crippen LogP contribution is 2.27. The van der Waals surface area contributed by atoms with E-state index in [2.05, 4.69) is 92.0 Å². The fourth-order valence-electron chi connectivity index (χ4n) is 4.46. The van der Waals surface area contributed by atoms with Gasteiger partial charge in [-0.05, 0) is 55.6 Å². The molecule has 3 heteroatoms. The van der Waals surface area contributed by atoms with Crippen LogP contribution in [0.5, 0.6) is 0 Å². The van der Waals surface area contributed by atoms with Gasteiger partial charge < -0.3 is 10.2 Å². The number of amidine groups is 1. The third-order valence-electron chi connectivity index (χ3n) is 6.13. The highest BCUT2D eigenvalue weighted by molar-refractivity contribution is 5.95. The molecule has 1 aliphatic heterocycles. The van der Waals surface area contributed by atoms with E-state index in [0.29, 0.717) is 12.6 Å². The van der Waals surface area contributed by atoms with Crippen molar-refractivity contribution in [2.24, 2.45) is 10.9 Å². The van der Waals surface area contributed by atoms with E-state index in [4.69, 9.17) is 4.99 Å². The topological polar surface area (TPSA) is 27.6 Å². The zero-order chi connectivity index (χ0) is 22.1. The van der Waals surface area contributed by atoms with Crippen molar-refractivity contribution in [1.82, 2.24) is 10.2 Å². The Morgan fingerprint density at radius 3 is 2.74 bits per heavy atom. The predicted octanol–water partition coefficient (Wildman–Crippen LogP) is 6.40. The Morgan fingerprint density at radius 1 is 1.19 bits per heavy atom. The van der Waals surface area contributed by atoms with Crippen molar-refractivity contribution in [3.05, 3.63) is 96.5 Å². The van der Waals surface area contributed by atoms with Gasteiger partial charge in [0.2, 0.25) is 0 Å². The molecule has 2 aliphatic carbocycles. The van der Waals surface area contributed by atoms with Gasteiger partial charge in [-0.25, -0.2) is 0 Å². The molecule has 0 aromatic carbocycles. The minimum atomic E-state index is 0.210. The largest absolute Gasteiger partial charge is 0.383 e. The Kier molecular flexibility index (Phi) is 8.52. The van der Waals surface area contributed by atoms with Gasteiger partial charge in [0.1, 0.15) is 5.84 Å². The quantitative estimate of drug-likeness (QED) is 0.487. The molecule has 1 atom stereocenters. The van der Waals surface area contributed by atoms with E-state index < -0.39 is 0 Å². The van der Waals surface area contributed by atoms with Crippen LogP contribution in [0.2, 0.25) is 0 Å². The van der Waals surface area contributed by atoms with Crippen LogP contribution in [-0.4, -0.2) is 30.4 Å². The molecule has 1 heterocycles. The SMILES string of the molecule is C=C/C1=C/C=CC(C2=CCN=C(/C=C\C(=C)NC3CCCCC3)N2C)/C=C(/C=C\C)C1. The molecule has 3 aliphatic rings. The second-order valence-corrected chi connectivity index (χ2v) is 8.50. The summed E-state index contributed by atoms with van der Waals surface area (Å²) in [6, 6.07) is 0.566. The van der Waals surface area contributed by atoms with Crippen molar-refractivity contribution < 1.29 is 0 Å². The van der Waals surface area contributed by atoms with Gasteiger partial charge in [0, 0.05) is 30.4 Å². The van der Waals surface area contributed by atoms with Crippen LogP contribution in [0.25, 0.3) is 0 Å². The van der Waals surface area contributed by atoms with Gasteiger partial charge in [-0.3, -0.25) is 4.99 Å². The summed E-state index contributed by atoms with van der Waals surface area (Å²) in [7, 11) is 2.10. The first kappa shape index (κ1) is 22.9. The number of rotatable bonds is 7. The highest BCUT2D eigenvalue weighted by atomic mass is 15.2. The first-order valence-electron chi connectivity index (χ1n) is 11.6. The van der Waals surface area contributed by atoms with E-state index in [1.54, 1.807) is 0 Å². The lowest BCUT2D eigenvalue weighted by Crippen LogP contribution is -2.31. The van der Waals surface area contributed by atoms with E-state index in [1.807, 2.05) is 6.08 Å². The minimum Gasteiger partial charge on any atom is -0.383 e. The van der Waals surface area contributed by atoms with Crippen LogP contribution in [-0.2, 0) is 0 Å². The third-order valence-corrected chi connectivity index (χ3v) is 6.13. The molecule has 0 bridgehead atoms. The molecule has 0 aromatic rings. The summed E-state index contributed by atoms with van der Waals surface area (Å²) in [5, 5.41) is 3.58. The van der Waals surface area contributed by atoms with Crippen molar-refractivity contribution in [1.29, 1.82) is 0 Å². The van der Waals surface area contributed by atoms with Crippen molar-refractivity contribution >= 4 is 5.84 Å². The van der Waals surface area contributed by atoms with Crippen LogP contribution < -0.4 is 5.32 Å². The first-order chi connectivity index (χ1) is 15.1. The fourth-order valence-corrected chi connectivity index (χ4v) is 4.46. The fraction of sp³-hybridized carbons (Fsp3) is 0.393. The number of nitrogens with one attached hydrogen (secondary N) is 1. The van der Waals surface area contributed by atoms with E-state index in [0.717, 1.165) is 18.0 Å². The van der Waals surface area contributed by atoms with Crippen molar-refractivity contribution in [3.8, 4) is 0 Å². The number of nitrogens with zero attached hydrogens (tertiary/aromatic N) is 2. The van der Waals surface area contributed by atoms with Crippen LogP contribution in [0.1, 0.15) is 45.4 Å². The van der Waals surface area contributed by atoms with Crippen LogP contribution in [0.4, 0.5) is 0 Å². The van der Waals surface area contributed by atoms with E-state index in [-0.39, 0.29) is 5.92 Å². The summed E-state index contributed by atoms with van der Waals surface area (Å²) in [5.74, 6) is 1.18. The lowest BCUT2D eigenvalue weighted by Gasteiger charge is -2.30. The number of aliphatic imine (C=N–C) groups is 1. The monoisotopic (exact) mass is 415 g/mol. The predicted molar refractivity (Wildman–Crippen MR) is 135 cm³/mol. The summed E-state index contributed by atoms with van der Waals surface area (Å²) in [5.41, 5.74) is 4.78. The average molecular weight is 416 g/mol. The molecule has 1 saturated carbocycles. The van der Waals surface area contributed by atoms with Gasteiger partial charge in [-0.15, -0.1) is 0 Å². The van der Waals surface area contributed by atoms with Gasteiger partial charge in [0.25, 0.3) is 0 Å². The standard InChI is InChI=1S/C28H37N3/c1-5-11-24-20-23(6-2)12-10-13-25(21-24)27-18-19-29-28(31(27)4)17-16-22(3)30-26-14-8-7-9-15-26/h5-6,10-13,16-18,21,25-26,30H,2-3,7-9,14-15,19-20H2,1,4H3/b11-5-,13-10?,17-16-,23-12-,24-21-. The van der Waals surface area contributed by atoms with Gasteiger partial charge in [-0.1, -0.05) is 75.0 Å². The molecule has 3 nitrogen and oxygen atoms in total. The summed E-state index contributed by atoms with van der Waals surface area (Å²) < 4.78 is 0. The van der Waals surface area contributed by atoms with E-state index >= 15 is 0 Å². The molecule has 1 unspecified atom stereocenters. The highest BCUT2D eigenvalue weighted by Gasteiger charge is 2.20. The van der Waals surface area contributed by atoms with E-state index in [1.165, 1.54) is 48.9 Å². The maximum atomic E-state index is 4.72. The second kappa shape index (κ2) is 11.5. The summed E-state index contributed by atoms with van der Waals surface area (Å²) in [4.78, 5) is 6.92. The van der Waals surface area contributed by atoms with Crippen LogP contribution in [0.15, 0.2) is 101 Å². The minimum absolute atomic E-state index is 0.210. The summed E-state index contributed by atoms with van der Waals surface area (Å²) >= 11 is 0. The summed E-state index contributed by atoms with van der Waals surface area (Å²) in [6.45, 7) is 10.9. The van der Waals surface area contributed by atoms with Gasteiger partial charge in [0.15, 0.2) is 0 Å². The van der Waals surface area contributed by atoms with Crippen LogP contribution in [0.3, 0.4) is 0 Å². The molecule has 0 spiro atoms. The maximum Gasteiger partial charge on any atom is 0.127 e. The molecular weight excluding hydrogens is 378 g/mol. The van der Waals surface area contributed by atoms with Crippen LogP contribution >= 0.6 is 0 Å². The number of likely N-dealkylation sites (N-methyl/N-ethyl adjacent to an activating group) is 1. The van der Waals surface area contributed by atoms with Crippen molar-refractivity contribution in [2.75, 3.05) is 13.6 Å².